The van der Waals surface area contributed by atoms with Gasteiger partial charge < -0.3 is 0 Å². The van der Waals surface area contributed by atoms with E-state index in [0.717, 1.165) is 24.6 Å². The number of pyridine rings is 1. The number of unbranched alkanes of at least 4 members (excludes halogenated alkanes) is 1. The van der Waals surface area contributed by atoms with E-state index in [4.69, 9.17) is 0 Å². The minimum absolute atomic E-state index is 0.151. The molecule has 0 saturated carbocycles. The van der Waals surface area contributed by atoms with E-state index in [9.17, 15) is 4.39 Å². The highest BCUT2D eigenvalue weighted by Crippen LogP contribution is 2.19. The fourth-order valence-electron chi connectivity index (χ4n) is 1.69. The molecule has 0 aliphatic carbocycles. The van der Waals surface area contributed by atoms with Crippen LogP contribution in [0.2, 0.25) is 0 Å². The summed E-state index contributed by atoms with van der Waals surface area (Å²) in [6.07, 6.45) is 4.53. The molecule has 1 aromatic carbocycles. The van der Waals surface area contributed by atoms with Gasteiger partial charge in [-0.3, -0.25) is 4.98 Å². The second-order valence-electron chi connectivity index (χ2n) is 3.71. The molecule has 2 aromatic rings. The molecule has 78 valence electrons. The number of hydrogen-bond donors (Lipinski definition) is 0. The first-order valence-electron chi connectivity index (χ1n) is 5.35. The zero-order chi connectivity index (χ0) is 10.7. The summed E-state index contributed by atoms with van der Waals surface area (Å²) in [4.78, 5) is 4.17. The lowest BCUT2D eigenvalue weighted by Gasteiger charge is -2.04. The first-order valence-corrected chi connectivity index (χ1v) is 5.35. The van der Waals surface area contributed by atoms with Crippen molar-refractivity contribution in [2.24, 2.45) is 0 Å². The molecule has 0 saturated heterocycles. The summed E-state index contributed by atoms with van der Waals surface area (Å²) in [6.45, 7) is 2.10. The molecule has 15 heavy (non-hydrogen) atoms. The molecular formula is C13H14FN. The van der Waals surface area contributed by atoms with E-state index in [1.165, 1.54) is 0 Å². The number of halogens is 1. The number of hydrogen-bond acceptors (Lipinski definition) is 1. The lowest BCUT2D eigenvalue weighted by Crippen LogP contribution is -1.96. The maximum Gasteiger partial charge on any atom is 0.152 e. The number of aryl methyl sites for hydroxylation is 1. The Labute approximate surface area is 89.0 Å². The van der Waals surface area contributed by atoms with E-state index in [1.807, 2.05) is 24.3 Å². The Morgan fingerprint density at radius 2 is 2.07 bits per heavy atom. The van der Waals surface area contributed by atoms with Crippen molar-refractivity contribution in [3.8, 4) is 0 Å². The van der Waals surface area contributed by atoms with Crippen LogP contribution in [0.5, 0.6) is 0 Å². The SMILES string of the molecule is CCCCc1ncc2ccccc2c1[18F]. The van der Waals surface area contributed by atoms with Crippen LogP contribution in [-0.4, -0.2) is 4.98 Å². The summed E-state index contributed by atoms with van der Waals surface area (Å²) in [5.41, 5.74) is 0.593. The maximum absolute atomic E-state index is 13.9. The molecule has 0 bridgehead atoms. The second-order valence-corrected chi connectivity index (χ2v) is 3.71. The van der Waals surface area contributed by atoms with Gasteiger partial charge in [-0.25, -0.2) is 4.39 Å². The van der Waals surface area contributed by atoms with Crippen LogP contribution in [-0.2, 0) is 6.42 Å². The van der Waals surface area contributed by atoms with Crippen molar-refractivity contribution >= 4 is 10.8 Å². The molecule has 0 unspecified atom stereocenters. The summed E-state index contributed by atoms with van der Waals surface area (Å²) in [5.74, 6) is -0.151. The van der Waals surface area contributed by atoms with Gasteiger partial charge in [0.2, 0.25) is 0 Å². The van der Waals surface area contributed by atoms with Crippen molar-refractivity contribution in [3.05, 3.63) is 42.0 Å². The Morgan fingerprint density at radius 3 is 2.87 bits per heavy atom. The Morgan fingerprint density at radius 1 is 1.27 bits per heavy atom. The van der Waals surface area contributed by atoms with Gasteiger partial charge in [-0.1, -0.05) is 37.6 Å². The fourth-order valence-corrected chi connectivity index (χ4v) is 1.69. The summed E-state index contributed by atoms with van der Waals surface area (Å²) in [7, 11) is 0. The fraction of sp³-hybridized carbons (Fsp3) is 0.308. The van der Waals surface area contributed by atoms with Crippen molar-refractivity contribution in [3.63, 3.8) is 0 Å². The number of aromatic nitrogens is 1. The maximum atomic E-state index is 13.9. The van der Waals surface area contributed by atoms with E-state index >= 15 is 0 Å². The molecule has 0 aliphatic heterocycles. The van der Waals surface area contributed by atoms with Gasteiger partial charge in [-0.15, -0.1) is 0 Å². The Balaban J connectivity index is 2.45. The molecule has 0 aliphatic rings. The van der Waals surface area contributed by atoms with Crippen LogP contribution in [0, 0.1) is 5.82 Å². The van der Waals surface area contributed by atoms with Crippen molar-refractivity contribution < 1.29 is 4.39 Å². The lowest BCUT2D eigenvalue weighted by atomic mass is 10.1. The number of rotatable bonds is 3. The van der Waals surface area contributed by atoms with Crippen molar-refractivity contribution in [2.75, 3.05) is 0 Å². The van der Waals surface area contributed by atoms with Gasteiger partial charge in [0.25, 0.3) is 0 Å². The Bertz CT molecular complexity index is 465. The molecular weight excluding hydrogens is 188 g/mol. The van der Waals surface area contributed by atoms with E-state index in [2.05, 4.69) is 11.9 Å². The monoisotopic (exact) mass is 202 g/mol. The highest BCUT2D eigenvalue weighted by Gasteiger charge is 2.07. The van der Waals surface area contributed by atoms with E-state index in [0.29, 0.717) is 11.1 Å². The minimum atomic E-state index is -0.151. The van der Waals surface area contributed by atoms with Gasteiger partial charge in [0, 0.05) is 17.0 Å². The molecule has 0 radical (unpaired) electrons. The van der Waals surface area contributed by atoms with Gasteiger partial charge in [0.15, 0.2) is 5.82 Å². The van der Waals surface area contributed by atoms with Gasteiger partial charge in [0.05, 0.1) is 5.69 Å². The van der Waals surface area contributed by atoms with Crippen molar-refractivity contribution in [1.82, 2.24) is 4.98 Å². The molecule has 0 atom stereocenters. The first-order chi connectivity index (χ1) is 7.33. The smallest absolute Gasteiger partial charge is 0.152 e. The molecule has 0 spiro atoms. The quantitative estimate of drug-likeness (QED) is 0.739. The van der Waals surface area contributed by atoms with Crippen LogP contribution in [0.25, 0.3) is 10.8 Å². The number of benzene rings is 1. The predicted octanol–water partition coefficient (Wildman–Crippen LogP) is 3.72. The molecule has 0 amide bonds. The van der Waals surface area contributed by atoms with Gasteiger partial charge in [-0.2, -0.15) is 0 Å². The molecule has 2 rings (SSSR count). The van der Waals surface area contributed by atoms with Crippen LogP contribution < -0.4 is 0 Å². The van der Waals surface area contributed by atoms with E-state index in [-0.39, 0.29) is 5.82 Å². The summed E-state index contributed by atoms with van der Waals surface area (Å²) < 4.78 is 13.9. The second kappa shape index (κ2) is 4.39. The Hall–Kier alpha value is -1.44. The average molecular weight is 202 g/mol. The molecule has 1 aromatic heterocycles. The van der Waals surface area contributed by atoms with Crippen LogP contribution in [0.1, 0.15) is 25.5 Å². The molecule has 0 fully saturated rings. The van der Waals surface area contributed by atoms with Crippen LogP contribution in [0.15, 0.2) is 30.5 Å². The minimum Gasteiger partial charge on any atom is -0.258 e. The molecule has 0 N–H and O–H groups in total. The summed E-state index contributed by atoms with van der Waals surface area (Å²) in [5, 5.41) is 1.55. The molecule has 1 heterocycles. The lowest BCUT2D eigenvalue weighted by molar-refractivity contribution is 0.603. The van der Waals surface area contributed by atoms with Gasteiger partial charge in [0.1, 0.15) is 0 Å². The van der Waals surface area contributed by atoms with Gasteiger partial charge >= 0.3 is 0 Å². The standard InChI is InChI=1S/C13H14FN/c1-2-3-8-12-13(14)11-7-5-4-6-10(11)9-15-12/h4-7,9H,2-3,8H2,1H3/i14-1. The van der Waals surface area contributed by atoms with Crippen LogP contribution >= 0.6 is 0 Å². The van der Waals surface area contributed by atoms with Gasteiger partial charge in [-0.05, 0) is 12.8 Å². The summed E-state index contributed by atoms with van der Waals surface area (Å²) in [6, 6.07) is 7.45. The first kappa shape index (κ1) is 10.1. The van der Waals surface area contributed by atoms with Crippen molar-refractivity contribution in [2.45, 2.75) is 26.2 Å². The third-order valence-corrected chi connectivity index (χ3v) is 2.58. The largest absolute Gasteiger partial charge is 0.258 e. The third kappa shape index (κ3) is 1.99. The topological polar surface area (TPSA) is 12.9 Å². The zero-order valence-corrected chi connectivity index (χ0v) is 8.83. The van der Waals surface area contributed by atoms with Crippen molar-refractivity contribution in [1.29, 1.82) is 0 Å². The third-order valence-electron chi connectivity index (χ3n) is 2.58. The highest BCUT2D eigenvalue weighted by atomic mass is 18.2. The van der Waals surface area contributed by atoms with E-state index < -0.39 is 0 Å². The number of nitrogens with zero attached hydrogens (tertiary/aromatic N) is 1. The highest BCUT2D eigenvalue weighted by molar-refractivity contribution is 5.82. The number of fused-ring (bicyclic) bond motifs is 1. The normalized spacial score (nSPS) is 10.8. The summed E-state index contributed by atoms with van der Waals surface area (Å²) >= 11 is 0. The van der Waals surface area contributed by atoms with E-state index in [1.54, 1.807) is 6.20 Å². The van der Waals surface area contributed by atoms with Crippen LogP contribution in [0.4, 0.5) is 4.39 Å². The molecule has 1 nitrogen and oxygen atoms in total. The predicted molar refractivity (Wildman–Crippen MR) is 60.3 cm³/mol. The zero-order valence-electron chi connectivity index (χ0n) is 8.83. The average Bonchev–Trinajstić information content (AvgIpc) is 2.29. The molecule has 2 heteroatoms. The Kier molecular flexibility index (Phi) is 2.95. The van der Waals surface area contributed by atoms with Crippen LogP contribution in [0.3, 0.4) is 0 Å².